The number of aliphatic hydroxyl groups is 2. The summed E-state index contributed by atoms with van der Waals surface area (Å²) < 4.78 is 97.9. The normalized spacial score (nSPS) is 15.4. The highest BCUT2D eigenvalue weighted by Crippen LogP contribution is 2.37. The van der Waals surface area contributed by atoms with Gasteiger partial charge in [0.1, 0.15) is 17.6 Å². The Hall–Kier alpha value is -6.59. The smallest absolute Gasteiger partial charge is 0.470 e. The minimum absolute atomic E-state index is 0.00694. The second-order valence-corrected chi connectivity index (χ2v) is 34.4. The van der Waals surface area contributed by atoms with E-state index < -0.39 is 59.0 Å². The van der Waals surface area contributed by atoms with Gasteiger partial charge in [0.25, 0.3) is 27.9 Å². The zero-order valence-electron chi connectivity index (χ0n) is 57.6. The lowest BCUT2D eigenvalue weighted by molar-refractivity contribution is -0.207. The summed E-state index contributed by atoms with van der Waals surface area (Å²) in [5.74, 6) is 0.344. The fraction of sp³-hybridized carbons (Fsp3) is 0.678. The topological polar surface area (TPSA) is 417 Å². The van der Waals surface area contributed by atoms with Gasteiger partial charge in [-0.05, 0) is 70.1 Å². The van der Waals surface area contributed by atoms with Crippen LogP contribution in [0.3, 0.4) is 0 Å². The number of nitriles is 1. The van der Waals surface area contributed by atoms with E-state index in [1.54, 1.807) is 65.3 Å². The van der Waals surface area contributed by atoms with Crippen LogP contribution < -0.4 is 21.1 Å². The third-order valence-electron chi connectivity index (χ3n) is 11.1. The molecule has 1 aromatic carbocycles. The first-order valence-electron chi connectivity index (χ1n) is 27.8. The number of phenolic OH excluding ortho intramolecular Hbond substituents is 1. The molecule has 2 atom stereocenters. The average Bonchev–Trinajstić information content (AvgIpc) is 2.24. The van der Waals surface area contributed by atoms with Crippen LogP contribution in [-0.2, 0) is 65.0 Å². The molecule has 91 heavy (non-hydrogen) atoms. The first-order valence-corrected chi connectivity index (χ1v) is 31.1. The molecule has 26 nitrogen and oxygen atoms in total. The first kappa shape index (κ1) is 90.8. The number of hydroxylamine groups is 1. The monoisotopic (exact) mass is 1360 g/mol. The van der Waals surface area contributed by atoms with E-state index in [9.17, 15) is 64.2 Å². The fourth-order valence-corrected chi connectivity index (χ4v) is 5.75. The summed E-state index contributed by atoms with van der Waals surface area (Å²) in [5.41, 5.74) is 1.23. The van der Waals surface area contributed by atoms with Crippen molar-refractivity contribution in [3.05, 3.63) is 80.6 Å². The molecule has 2 amide bonds. The van der Waals surface area contributed by atoms with Crippen molar-refractivity contribution in [2.75, 3.05) is 0 Å². The SMILES string of the molecule is CC(C)(C)C(=O)NC#N.CC(C)(C)C(=O)NO.CC(C)(C)C1CC(=O)C=C1O.CC(C)(C)C1OC(=O)C=C(O)O1.CC(C)(C)S(=O)(=O)NC(F)(F)F.CC(C)(C)S(=O)(=O)O.CC(C)(C)c1cc(=O)[nH]o1.CC(C)(C)c1ccc(O)c(Cl)c1.CC(C)(C)c1nn[nH]n1. The number of esters is 1. The number of allylic oxidation sites excluding steroid dienone is 2. The number of halogens is 4. The third kappa shape index (κ3) is 40.1. The number of phenols is 1. The number of nitrogens with one attached hydrogen (secondary N) is 5. The van der Waals surface area contributed by atoms with Crippen molar-refractivity contribution in [1.29, 1.82) is 5.26 Å². The van der Waals surface area contributed by atoms with E-state index >= 15 is 0 Å². The van der Waals surface area contributed by atoms with Crippen molar-refractivity contribution < 1.29 is 88.3 Å². The van der Waals surface area contributed by atoms with Crippen molar-refractivity contribution in [3.63, 3.8) is 0 Å². The molecule has 0 spiro atoms. The summed E-state index contributed by atoms with van der Waals surface area (Å²) in [4.78, 5) is 53.5. The standard InChI is InChI=1S/C10H13ClO.C9H14O2.C8H12O4.C7H11NO2.C6H10N2O.C5H10F3NO2S.C5H10N4.C5H11NO2.C4H10O3S/c1-10(2,3)7-4-5-9(12)8(11)6-7;1-9(2,3)7-4-6(10)5-8(7)11;1-8(2,3)7-11-5(9)4-6(10)12-7;1-7(2,3)5-4-6(9)8-10-5;1-6(2,3)5(9)8-4-7;1-4(2,3)12(10,11)9-5(6,7)8;1-5(2,3)4-6-8-9-7-4;1-5(2,3)4(7)6-8;1-4(2,3)8(5,6)7/h4-6,12H,1-3H3;5,7,11H,4H2,1-3H3;4,7,9H,1-3H3;4H,1-3H3,(H,8,9);1-3H3,(H,8,9);9H,1-3H3;1-3H3,(H,6,7,8,9);8H,1-3H3,(H,6,7);1-3H3,(H,5,6,7). The number of tetrazole rings is 1. The van der Waals surface area contributed by atoms with Crippen molar-refractivity contribution >= 4 is 55.3 Å². The number of hydrogen-bond acceptors (Lipinski definition) is 20. The lowest BCUT2D eigenvalue weighted by Gasteiger charge is -2.31. The molecule has 3 aromatic rings. The molecule has 0 radical (unpaired) electrons. The summed E-state index contributed by atoms with van der Waals surface area (Å²) in [6.45, 7) is 48.3. The Morgan fingerprint density at radius 1 is 0.692 bits per heavy atom. The number of aliphatic hydroxyl groups excluding tert-OH is 2. The number of alkyl halides is 3. The maximum Gasteiger partial charge on any atom is 0.470 e. The lowest BCUT2D eigenvalue weighted by Crippen LogP contribution is -2.46. The Morgan fingerprint density at radius 3 is 1.36 bits per heavy atom. The van der Waals surface area contributed by atoms with E-state index in [2.05, 4.69) is 51.9 Å². The average molecular weight is 1370 g/mol. The van der Waals surface area contributed by atoms with E-state index in [0.29, 0.717) is 21.9 Å². The number of sulfonamides is 1. The van der Waals surface area contributed by atoms with Gasteiger partial charge in [0.15, 0.2) is 17.8 Å². The summed E-state index contributed by atoms with van der Waals surface area (Å²) in [6, 6.07) is 6.79. The molecule has 3 heterocycles. The second-order valence-electron chi connectivity index (χ2n) is 29.4. The number of H-pyrrole nitrogens is 2. The maximum atomic E-state index is 11.6. The van der Waals surface area contributed by atoms with Gasteiger partial charge in [0.05, 0.1) is 20.3 Å². The van der Waals surface area contributed by atoms with Crippen LogP contribution in [0.25, 0.3) is 0 Å². The van der Waals surface area contributed by atoms with E-state index in [1.807, 2.05) is 89.2 Å². The van der Waals surface area contributed by atoms with Crippen molar-refractivity contribution in [2.45, 2.75) is 232 Å². The molecule has 32 heteroatoms. The van der Waals surface area contributed by atoms with Gasteiger partial charge in [0, 0.05) is 51.6 Å². The predicted molar refractivity (Wildman–Crippen MR) is 339 cm³/mol. The molecule has 1 aliphatic carbocycles. The molecular formula is C59H101ClF3N9O17S2. The molecule has 1 aliphatic heterocycles. The molecule has 2 aliphatic rings. The Balaban J connectivity index is -0.000000470. The summed E-state index contributed by atoms with van der Waals surface area (Å²) >= 11 is 5.77. The van der Waals surface area contributed by atoms with Crippen LogP contribution in [-0.4, -0.2) is 113 Å². The number of ether oxygens (including phenoxy) is 2. The van der Waals surface area contributed by atoms with Gasteiger partial charge >= 0.3 is 12.3 Å². The van der Waals surface area contributed by atoms with Crippen LogP contribution in [0.15, 0.2) is 57.4 Å². The number of amides is 2. The molecule has 5 rings (SSSR count). The second kappa shape index (κ2) is 35.4. The van der Waals surface area contributed by atoms with E-state index in [-0.39, 0.29) is 73.6 Å². The number of hydrogen-bond donors (Lipinski definition) is 10. The van der Waals surface area contributed by atoms with Crippen molar-refractivity contribution in [3.8, 4) is 11.9 Å². The Morgan fingerprint density at radius 2 is 1.16 bits per heavy atom. The number of rotatable bonds is 1. The highest BCUT2D eigenvalue weighted by Gasteiger charge is 2.40. The molecule has 0 bridgehead atoms. The number of aromatic nitrogens is 5. The Kier molecular flexibility index (Phi) is 35.4. The van der Waals surface area contributed by atoms with E-state index in [0.717, 1.165) is 17.5 Å². The number of nitrogens with zero attached hydrogens (tertiary/aromatic N) is 4. The molecule has 0 saturated carbocycles. The number of carbonyl (C=O) groups excluding carboxylic acids is 4. The molecule has 10 N–H and O–H groups in total. The minimum atomic E-state index is -4.90. The number of carbonyl (C=O) groups is 4. The van der Waals surface area contributed by atoms with E-state index in [1.165, 1.54) is 53.7 Å². The quantitative estimate of drug-likeness (QED) is 0.0206. The van der Waals surface area contributed by atoms with Gasteiger partial charge in [-0.25, -0.2) is 18.7 Å². The van der Waals surface area contributed by atoms with Gasteiger partial charge in [0.2, 0.25) is 21.8 Å². The Labute approximate surface area is 539 Å². The number of ketones is 1. The lowest BCUT2D eigenvalue weighted by atomic mass is 9.79. The van der Waals surface area contributed by atoms with Crippen LogP contribution in [0.2, 0.25) is 5.02 Å². The van der Waals surface area contributed by atoms with Gasteiger partial charge in [-0.1, -0.05) is 168 Å². The summed E-state index contributed by atoms with van der Waals surface area (Å²) in [7, 11) is -8.17. The fourth-order valence-electron chi connectivity index (χ4n) is 4.96. The first-order chi connectivity index (χ1) is 40.0. The highest BCUT2D eigenvalue weighted by atomic mass is 35.5. The number of cyclic esters (lactones) is 1. The molecule has 2 unspecified atom stereocenters. The maximum absolute atomic E-state index is 11.6. The highest BCUT2D eigenvalue weighted by molar-refractivity contribution is 7.90. The van der Waals surface area contributed by atoms with Gasteiger partial charge < -0.3 is 29.3 Å². The predicted octanol–water partition coefficient (Wildman–Crippen LogP) is 11.6. The molecular weight excluding hydrogens is 1260 g/mol. The third-order valence-corrected chi connectivity index (χ3v) is 15.0. The van der Waals surface area contributed by atoms with Gasteiger partial charge in [-0.15, -0.1) is 14.9 Å². The molecule has 2 aromatic heterocycles. The number of aromatic hydroxyl groups is 1. The van der Waals surface area contributed by atoms with Gasteiger partial charge in [-0.3, -0.25) is 34.3 Å². The van der Waals surface area contributed by atoms with Crippen LogP contribution >= 0.6 is 11.6 Å². The zero-order chi connectivity index (χ0) is 73.5. The molecule has 0 fully saturated rings. The largest absolute Gasteiger partial charge is 0.512 e. The number of benzene rings is 1. The zero-order valence-corrected chi connectivity index (χ0v) is 60.0. The summed E-state index contributed by atoms with van der Waals surface area (Å²) in [6.07, 6.45) is -1.32. The van der Waals surface area contributed by atoms with Crippen LogP contribution in [0.5, 0.6) is 5.75 Å². The summed E-state index contributed by atoms with van der Waals surface area (Å²) in [5, 5.41) is 61.8. The number of aromatic amines is 2. The van der Waals surface area contributed by atoms with Crippen LogP contribution in [0.1, 0.15) is 211 Å². The van der Waals surface area contributed by atoms with Crippen molar-refractivity contribution in [2.24, 2.45) is 27.6 Å². The Bertz CT molecular complexity index is 3170. The van der Waals surface area contributed by atoms with E-state index in [4.69, 9.17) is 45.7 Å². The van der Waals surface area contributed by atoms with Crippen LogP contribution in [0, 0.1) is 39.0 Å². The molecule has 0 saturated heterocycles. The van der Waals surface area contributed by atoms with Crippen LogP contribution in [0.4, 0.5) is 13.2 Å². The van der Waals surface area contributed by atoms with Crippen molar-refractivity contribution in [1.82, 2.24) is 41.3 Å². The van der Waals surface area contributed by atoms with Gasteiger partial charge in [-0.2, -0.15) is 37.2 Å². The molecule has 524 valence electrons. The minimum Gasteiger partial charge on any atom is -0.512 e.